The summed E-state index contributed by atoms with van der Waals surface area (Å²) in [6.07, 6.45) is 12.5. The maximum Gasteiger partial charge on any atom is 0.0455 e. The minimum atomic E-state index is -1.72. The molecule has 3 heteroatoms. The molecule has 2 unspecified atom stereocenters. The molecule has 2 N–H and O–H groups in total. The Kier molecular flexibility index (Phi) is 4.98. The first-order chi connectivity index (χ1) is 8.88. The lowest BCUT2D eigenvalue weighted by Crippen LogP contribution is -2.39. The highest BCUT2D eigenvalue weighted by molar-refractivity contribution is 8.49. The second-order valence-electron chi connectivity index (χ2n) is 9.10. The highest BCUT2D eigenvalue weighted by Crippen LogP contribution is 2.71. The predicted molar refractivity (Wildman–Crippen MR) is 98.0 cm³/mol. The fourth-order valence-electron chi connectivity index (χ4n) is 2.95. The third kappa shape index (κ3) is 3.54. The van der Waals surface area contributed by atoms with E-state index in [2.05, 4.69) is 53.0 Å². The van der Waals surface area contributed by atoms with E-state index in [4.69, 9.17) is 5.84 Å². The number of nitrogens with zero attached hydrogens (tertiary/aromatic N) is 1. The molecule has 0 spiro atoms. The van der Waals surface area contributed by atoms with Crippen molar-refractivity contribution in [2.45, 2.75) is 64.2 Å². The maximum absolute atomic E-state index is 6.27. The van der Waals surface area contributed by atoms with E-state index in [1.165, 1.54) is 37.1 Å². The summed E-state index contributed by atoms with van der Waals surface area (Å²) in [6.45, 7) is 13.7. The van der Waals surface area contributed by atoms with Crippen LogP contribution >= 0.6 is 9.16 Å². The van der Waals surface area contributed by atoms with Crippen LogP contribution < -0.4 is 5.84 Å². The number of nitrogens with two attached hydrogens (primary N) is 1. The highest BCUT2D eigenvalue weighted by Gasteiger charge is 2.44. The van der Waals surface area contributed by atoms with Gasteiger partial charge in [0.25, 0.3) is 0 Å². The SMILES string of the molecule is C=C1C(C[SH](C)(C)(C)C(C)(C)C)CC(CCCC)N1N. The van der Waals surface area contributed by atoms with Crippen molar-refractivity contribution in [2.75, 3.05) is 24.5 Å². The van der Waals surface area contributed by atoms with Crippen LogP contribution in [0, 0.1) is 5.92 Å². The van der Waals surface area contributed by atoms with Gasteiger partial charge in [-0.05, 0) is 42.1 Å². The summed E-state index contributed by atoms with van der Waals surface area (Å²) in [7, 11) is -1.72. The largest absolute Gasteiger partial charge is 0.312 e. The van der Waals surface area contributed by atoms with Crippen LogP contribution in [0.3, 0.4) is 0 Å². The standard InChI is InChI=1S/C17H38N2S/c1-9-10-11-16-12-15(14(2)19(16)18)13-20(6,7,8)17(3,4)5/h15-16,20H,2,9-13,18H2,1,3-8H3. The zero-order chi connectivity index (χ0) is 15.8. The molecule has 2 nitrogen and oxygen atoms in total. The van der Waals surface area contributed by atoms with Gasteiger partial charge in [0, 0.05) is 17.7 Å². The lowest BCUT2D eigenvalue weighted by atomic mass is 10.0. The molecule has 0 aromatic heterocycles. The lowest BCUT2D eigenvalue weighted by Gasteiger charge is -2.63. The number of hydrogen-bond acceptors (Lipinski definition) is 2. The van der Waals surface area contributed by atoms with Crippen LogP contribution in [-0.2, 0) is 0 Å². The van der Waals surface area contributed by atoms with Gasteiger partial charge in [-0.2, -0.15) is 0 Å². The molecule has 0 aromatic carbocycles. The number of hydrazine groups is 1. The number of allylic oxidation sites excluding steroid dienone is 1. The van der Waals surface area contributed by atoms with Crippen LogP contribution in [0.1, 0.15) is 53.4 Å². The fourth-order valence-corrected chi connectivity index (χ4v) is 5.40. The van der Waals surface area contributed by atoms with Crippen LogP contribution in [0.15, 0.2) is 12.3 Å². The molecule has 0 aliphatic carbocycles. The van der Waals surface area contributed by atoms with Crippen molar-refractivity contribution in [2.24, 2.45) is 11.8 Å². The van der Waals surface area contributed by atoms with Crippen molar-refractivity contribution in [1.29, 1.82) is 0 Å². The molecule has 0 aromatic rings. The van der Waals surface area contributed by atoms with Crippen molar-refractivity contribution in [3.05, 3.63) is 12.3 Å². The molecule has 122 valence electrons. The fraction of sp³-hybridized carbons (Fsp3) is 0.882. The molecule has 0 saturated carbocycles. The van der Waals surface area contributed by atoms with Gasteiger partial charge in [0.15, 0.2) is 0 Å². The average molecular weight is 303 g/mol. The molecular weight excluding hydrogens is 264 g/mol. The van der Waals surface area contributed by atoms with E-state index in [9.17, 15) is 0 Å². The van der Waals surface area contributed by atoms with E-state index in [1.807, 2.05) is 5.01 Å². The Morgan fingerprint density at radius 3 is 2.30 bits per heavy atom. The van der Waals surface area contributed by atoms with E-state index in [0.717, 1.165) is 0 Å². The quantitative estimate of drug-likeness (QED) is 0.593. The Bertz CT molecular complexity index is 359. The summed E-state index contributed by atoms with van der Waals surface area (Å²) in [5.41, 5.74) is 1.18. The van der Waals surface area contributed by atoms with Gasteiger partial charge in [-0.3, -0.25) is 9.16 Å². The molecule has 1 aliphatic heterocycles. The van der Waals surface area contributed by atoms with Gasteiger partial charge in [0.05, 0.1) is 0 Å². The number of hydrogen-bond donors (Lipinski definition) is 2. The van der Waals surface area contributed by atoms with Crippen molar-refractivity contribution < 1.29 is 0 Å². The van der Waals surface area contributed by atoms with Crippen LogP contribution in [-0.4, -0.2) is 40.3 Å². The summed E-state index contributed by atoms with van der Waals surface area (Å²) in [5.74, 6) is 8.14. The molecule has 0 radical (unpaired) electrons. The van der Waals surface area contributed by atoms with Crippen molar-refractivity contribution in [3.8, 4) is 0 Å². The van der Waals surface area contributed by atoms with E-state index >= 15 is 0 Å². The summed E-state index contributed by atoms with van der Waals surface area (Å²) in [5, 5.41) is 1.98. The van der Waals surface area contributed by atoms with Crippen LogP contribution in [0.25, 0.3) is 0 Å². The predicted octanol–water partition coefficient (Wildman–Crippen LogP) is 4.02. The molecule has 1 heterocycles. The Balaban J connectivity index is 2.82. The van der Waals surface area contributed by atoms with Gasteiger partial charge < -0.3 is 5.01 Å². The lowest BCUT2D eigenvalue weighted by molar-refractivity contribution is 0.284. The maximum atomic E-state index is 6.27. The minimum Gasteiger partial charge on any atom is -0.312 e. The Morgan fingerprint density at radius 2 is 1.85 bits per heavy atom. The molecule has 1 fully saturated rings. The molecule has 0 bridgehead atoms. The normalized spacial score (nSPS) is 26.7. The third-order valence-electron chi connectivity index (χ3n) is 5.99. The van der Waals surface area contributed by atoms with Crippen LogP contribution in [0.5, 0.6) is 0 Å². The summed E-state index contributed by atoms with van der Waals surface area (Å²) >= 11 is 0. The van der Waals surface area contributed by atoms with Crippen molar-refractivity contribution in [1.82, 2.24) is 5.01 Å². The van der Waals surface area contributed by atoms with Gasteiger partial charge >= 0.3 is 0 Å². The first-order valence-electron chi connectivity index (χ1n) is 8.10. The average Bonchev–Trinajstić information content (AvgIpc) is 2.51. The Labute approximate surface area is 127 Å². The summed E-state index contributed by atoms with van der Waals surface area (Å²) in [6, 6.07) is 0.513. The van der Waals surface area contributed by atoms with E-state index < -0.39 is 9.16 Å². The second kappa shape index (κ2) is 5.57. The van der Waals surface area contributed by atoms with Gasteiger partial charge in [-0.15, -0.1) is 0 Å². The molecule has 0 amide bonds. The molecule has 20 heavy (non-hydrogen) atoms. The van der Waals surface area contributed by atoms with E-state index in [-0.39, 0.29) is 0 Å². The highest BCUT2D eigenvalue weighted by atomic mass is 32.3. The third-order valence-corrected chi connectivity index (χ3v) is 12.7. The van der Waals surface area contributed by atoms with Gasteiger partial charge in [-0.25, -0.2) is 5.84 Å². The van der Waals surface area contributed by atoms with E-state index in [1.54, 1.807) is 0 Å². The molecule has 2 atom stereocenters. The topological polar surface area (TPSA) is 29.3 Å². The molecular formula is C17H38N2S. The number of thiol groups is 1. The van der Waals surface area contributed by atoms with Crippen LogP contribution in [0.2, 0.25) is 0 Å². The van der Waals surface area contributed by atoms with E-state index in [0.29, 0.717) is 16.7 Å². The van der Waals surface area contributed by atoms with Crippen LogP contribution in [0.4, 0.5) is 0 Å². The Hall–Kier alpha value is -0.150. The van der Waals surface area contributed by atoms with Crippen molar-refractivity contribution in [3.63, 3.8) is 0 Å². The van der Waals surface area contributed by atoms with Crippen molar-refractivity contribution >= 4 is 9.16 Å². The summed E-state index contributed by atoms with van der Waals surface area (Å²) in [4.78, 5) is 0. The molecule has 1 saturated heterocycles. The zero-order valence-electron chi connectivity index (χ0n) is 14.9. The van der Waals surface area contributed by atoms with Gasteiger partial charge in [-0.1, -0.05) is 47.1 Å². The first-order valence-corrected chi connectivity index (χ1v) is 11.9. The first kappa shape index (κ1) is 17.9. The van der Waals surface area contributed by atoms with Gasteiger partial charge in [0.2, 0.25) is 0 Å². The minimum absolute atomic E-state index is 0.382. The monoisotopic (exact) mass is 302 g/mol. The summed E-state index contributed by atoms with van der Waals surface area (Å²) < 4.78 is 0.382. The molecule has 1 rings (SSSR count). The van der Waals surface area contributed by atoms with Gasteiger partial charge in [0.1, 0.15) is 0 Å². The number of rotatable bonds is 5. The Morgan fingerprint density at radius 1 is 1.30 bits per heavy atom. The molecule has 1 aliphatic rings. The smallest absolute Gasteiger partial charge is 0.0455 e. The second-order valence-corrected chi connectivity index (χ2v) is 17.0. The zero-order valence-corrected chi connectivity index (χ0v) is 15.8. The number of unbranched alkanes of at least 4 members (excludes halogenated alkanes) is 1.